The standard InChI is InChI=1S/C12H24N6O2S/c1-13-6-10-7-14-16-12(10)21(19,20)15-8-11-9-17(2)4-5-18(11)3/h7,11,13,15H,4-6,8-9H2,1-3H3,(H,14,16). The van der Waals surface area contributed by atoms with Gasteiger partial charge in [0.25, 0.3) is 10.0 Å². The van der Waals surface area contributed by atoms with Gasteiger partial charge >= 0.3 is 0 Å². The van der Waals surface area contributed by atoms with Gasteiger partial charge in [0.05, 0.1) is 6.20 Å². The van der Waals surface area contributed by atoms with Crippen LogP contribution in [0.15, 0.2) is 11.2 Å². The molecule has 9 heteroatoms. The largest absolute Gasteiger partial charge is 0.316 e. The number of sulfonamides is 1. The molecule has 0 amide bonds. The van der Waals surface area contributed by atoms with Crippen molar-refractivity contribution in [2.45, 2.75) is 17.6 Å². The molecule has 2 rings (SSSR count). The Morgan fingerprint density at radius 2 is 2.19 bits per heavy atom. The molecule has 0 radical (unpaired) electrons. The Morgan fingerprint density at radius 3 is 2.90 bits per heavy atom. The molecule has 0 bridgehead atoms. The molecule has 1 aliphatic rings. The smallest absolute Gasteiger partial charge is 0.257 e. The molecule has 0 saturated carbocycles. The highest BCUT2D eigenvalue weighted by atomic mass is 32.2. The molecular formula is C12H24N6O2S. The van der Waals surface area contributed by atoms with Crippen molar-refractivity contribution in [3.63, 3.8) is 0 Å². The SMILES string of the molecule is CNCc1cn[nH]c1S(=O)(=O)NCC1CN(C)CCN1C. The van der Waals surface area contributed by atoms with E-state index in [0.717, 1.165) is 19.6 Å². The van der Waals surface area contributed by atoms with Gasteiger partial charge in [0.15, 0.2) is 5.03 Å². The molecule has 1 aromatic rings. The second kappa shape index (κ2) is 6.84. The Hall–Kier alpha value is -1.00. The molecule has 21 heavy (non-hydrogen) atoms. The lowest BCUT2D eigenvalue weighted by Gasteiger charge is -2.37. The molecule has 1 fully saturated rings. The quantitative estimate of drug-likeness (QED) is 0.601. The highest BCUT2D eigenvalue weighted by Crippen LogP contribution is 2.12. The highest BCUT2D eigenvalue weighted by Gasteiger charge is 2.26. The van der Waals surface area contributed by atoms with E-state index in [9.17, 15) is 8.42 Å². The van der Waals surface area contributed by atoms with Gasteiger partial charge < -0.3 is 10.2 Å². The Bertz CT molecular complexity index is 558. The van der Waals surface area contributed by atoms with Gasteiger partial charge in [-0.3, -0.25) is 10.00 Å². The topological polar surface area (TPSA) is 93.4 Å². The van der Waals surface area contributed by atoms with Crippen LogP contribution < -0.4 is 10.0 Å². The van der Waals surface area contributed by atoms with Gasteiger partial charge in [0, 0.05) is 44.3 Å². The van der Waals surface area contributed by atoms with E-state index >= 15 is 0 Å². The van der Waals surface area contributed by atoms with Crippen LogP contribution in [-0.4, -0.2) is 81.8 Å². The third-order valence-electron chi connectivity index (χ3n) is 3.80. The third kappa shape index (κ3) is 4.01. The maximum Gasteiger partial charge on any atom is 0.257 e. The Morgan fingerprint density at radius 1 is 1.43 bits per heavy atom. The first-order valence-corrected chi connectivity index (χ1v) is 8.47. The molecular weight excluding hydrogens is 292 g/mol. The molecule has 0 aromatic carbocycles. The van der Waals surface area contributed by atoms with Crippen molar-refractivity contribution >= 4 is 10.0 Å². The van der Waals surface area contributed by atoms with Crippen LogP contribution in [0.5, 0.6) is 0 Å². The van der Waals surface area contributed by atoms with Crippen LogP contribution in [0.1, 0.15) is 5.56 Å². The average molecular weight is 316 g/mol. The van der Waals surface area contributed by atoms with E-state index in [1.165, 1.54) is 6.20 Å². The lowest BCUT2D eigenvalue weighted by molar-refractivity contribution is 0.117. The van der Waals surface area contributed by atoms with Crippen LogP contribution in [0.3, 0.4) is 0 Å². The predicted molar refractivity (Wildman–Crippen MR) is 80.5 cm³/mol. The molecule has 8 nitrogen and oxygen atoms in total. The number of rotatable bonds is 6. The normalized spacial score (nSPS) is 21.8. The van der Waals surface area contributed by atoms with Gasteiger partial charge in [-0.1, -0.05) is 0 Å². The lowest BCUT2D eigenvalue weighted by Crippen LogP contribution is -2.54. The van der Waals surface area contributed by atoms with Crippen molar-refractivity contribution in [3.05, 3.63) is 11.8 Å². The van der Waals surface area contributed by atoms with Crippen LogP contribution in [-0.2, 0) is 16.6 Å². The summed E-state index contributed by atoms with van der Waals surface area (Å²) in [5, 5.41) is 9.48. The maximum absolute atomic E-state index is 12.4. The maximum atomic E-state index is 12.4. The Kier molecular flexibility index (Phi) is 5.33. The first kappa shape index (κ1) is 16.4. The van der Waals surface area contributed by atoms with E-state index in [-0.39, 0.29) is 11.1 Å². The monoisotopic (exact) mass is 316 g/mol. The summed E-state index contributed by atoms with van der Waals surface area (Å²) < 4.78 is 27.4. The van der Waals surface area contributed by atoms with Crippen LogP contribution in [0.4, 0.5) is 0 Å². The average Bonchev–Trinajstić information content (AvgIpc) is 2.89. The zero-order chi connectivity index (χ0) is 15.5. The fraction of sp³-hybridized carbons (Fsp3) is 0.750. The molecule has 120 valence electrons. The number of piperazine rings is 1. The summed E-state index contributed by atoms with van der Waals surface area (Å²) in [5.41, 5.74) is 0.638. The summed E-state index contributed by atoms with van der Waals surface area (Å²) in [6.07, 6.45) is 1.53. The van der Waals surface area contributed by atoms with Crippen LogP contribution in [0.2, 0.25) is 0 Å². The molecule has 1 atom stereocenters. The van der Waals surface area contributed by atoms with Crippen molar-refractivity contribution in [3.8, 4) is 0 Å². The number of likely N-dealkylation sites (N-methyl/N-ethyl adjacent to an activating group) is 2. The fourth-order valence-electron chi connectivity index (χ4n) is 2.45. The van der Waals surface area contributed by atoms with Crippen molar-refractivity contribution < 1.29 is 8.42 Å². The Balaban J connectivity index is 2.02. The van der Waals surface area contributed by atoms with E-state index in [4.69, 9.17) is 0 Å². The van der Waals surface area contributed by atoms with E-state index in [1.54, 1.807) is 7.05 Å². The number of H-pyrrole nitrogens is 1. The Labute approximate surface area is 125 Å². The minimum Gasteiger partial charge on any atom is -0.316 e. The van der Waals surface area contributed by atoms with Gasteiger partial charge in [-0.05, 0) is 21.1 Å². The number of hydrogen-bond donors (Lipinski definition) is 3. The van der Waals surface area contributed by atoms with Crippen molar-refractivity contribution in [2.24, 2.45) is 0 Å². The molecule has 3 N–H and O–H groups in total. The van der Waals surface area contributed by atoms with Crippen LogP contribution >= 0.6 is 0 Å². The van der Waals surface area contributed by atoms with Gasteiger partial charge in [-0.2, -0.15) is 5.10 Å². The van der Waals surface area contributed by atoms with Gasteiger partial charge in [-0.25, -0.2) is 13.1 Å². The molecule has 1 unspecified atom stereocenters. The van der Waals surface area contributed by atoms with Crippen molar-refractivity contribution in [2.75, 3.05) is 47.3 Å². The molecule has 0 spiro atoms. The molecule has 1 aromatic heterocycles. The lowest BCUT2D eigenvalue weighted by atomic mass is 10.2. The van der Waals surface area contributed by atoms with Crippen LogP contribution in [0, 0.1) is 0 Å². The van der Waals surface area contributed by atoms with Crippen LogP contribution in [0.25, 0.3) is 0 Å². The van der Waals surface area contributed by atoms with Crippen molar-refractivity contribution in [1.82, 2.24) is 30.0 Å². The second-order valence-electron chi connectivity index (χ2n) is 5.50. The third-order valence-corrected chi connectivity index (χ3v) is 5.24. The zero-order valence-electron chi connectivity index (χ0n) is 12.8. The highest BCUT2D eigenvalue weighted by molar-refractivity contribution is 7.89. The summed E-state index contributed by atoms with van der Waals surface area (Å²) in [6, 6.07) is 0.175. The zero-order valence-corrected chi connectivity index (χ0v) is 13.6. The number of hydrogen-bond acceptors (Lipinski definition) is 6. The molecule has 1 aliphatic heterocycles. The number of aromatic amines is 1. The molecule has 2 heterocycles. The molecule has 1 saturated heterocycles. The van der Waals surface area contributed by atoms with Gasteiger partial charge in [0.2, 0.25) is 0 Å². The summed E-state index contributed by atoms with van der Waals surface area (Å²) in [5.74, 6) is 0. The summed E-state index contributed by atoms with van der Waals surface area (Å²) in [4.78, 5) is 4.39. The second-order valence-corrected chi connectivity index (χ2v) is 7.21. The molecule has 0 aliphatic carbocycles. The van der Waals surface area contributed by atoms with E-state index in [1.807, 2.05) is 7.05 Å². The predicted octanol–water partition coefficient (Wildman–Crippen LogP) is -1.35. The van der Waals surface area contributed by atoms with E-state index in [0.29, 0.717) is 18.7 Å². The summed E-state index contributed by atoms with van der Waals surface area (Å²) >= 11 is 0. The minimum atomic E-state index is -3.56. The number of nitrogens with zero attached hydrogens (tertiary/aromatic N) is 3. The number of aromatic nitrogens is 2. The van der Waals surface area contributed by atoms with E-state index in [2.05, 4.69) is 37.1 Å². The first-order chi connectivity index (χ1) is 9.94. The minimum absolute atomic E-state index is 0.142. The number of nitrogens with one attached hydrogen (secondary N) is 3. The fourth-order valence-corrected chi connectivity index (χ4v) is 3.65. The van der Waals surface area contributed by atoms with Gasteiger partial charge in [-0.15, -0.1) is 0 Å². The van der Waals surface area contributed by atoms with Gasteiger partial charge in [0.1, 0.15) is 0 Å². The summed E-state index contributed by atoms with van der Waals surface area (Å²) in [6.45, 7) is 3.65. The van der Waals surface area contributed by atoms with Crippen molar-refractivity contribution in [1.29, 1.82) is 0 Å². The van der Waals surface area contributed by atoms with E-state index < -0.39 is 10.0 Å². The summed E-state index contributed by atoms with van der Waals surface area (Å²) in [7, 11) is 2.28. The first-order valence-electron chi connectivity index (χ1n) is 6.99.